The summed E-state index contributed by atoms with van der Waals surface area (Å²) >= 11 is 0. The van der Waals surface area contributed by atoms with Gasteiger partial charge in [0.1, 0.15) is 0 Å². The Balaban J connectivity index is 1.90. The molecule has 0 aromatic carbocycles. The van der Waals surface area contributed by atoms with Crippen LogP contribution in [0.3, 0.4) is 0 Å². The Morgan fingerprint density at radius 3 is 3.21 bits per heavy atom. The molecule has 14 heavy (non-hydrogen) atoms. The topological polar surface area (TPSA) is 50.1 Å². The number of aliphatic hydroxyl groups is 1. The van der Waals surface area contributed by atoms with Gasteiger partial charge in [-0.25, -0.2) is 0 Å². The summed E-state index contributed by atoms with van der Waals surface area (Å²) in [6, 6.07) is 0. The number of nitrogens with zero attached hydrogens (tertiary/aromatic N) is 2. The predicted molar refractivity (Wildman–Crippen MR) is 53.9 cm³/mol. The van der Waals surface area contributed by atoms with Crippen LogP contribution >= 0.6 is 0 Å². The van der Waals surface area contributed by atoms with Crippen LogP contribution in [-0.4, -0.2) is 34.1 Å². The van der Waals surface area contributed by atoms with Crippen LogP contribution in [0.2, 0.25) is 0 Å². The molecule has 1 fully saturated rings. The minimum absolute atomic E-state index is 0.228. The van der Waals surface area contributed by atoms with E-state index in [1.807, 2.05) is 19.4 Å². The maximum atomic E-state index is 9.93. The van der Waals surface area contributed by atoms with E-state index < -0.39 is 0 Å². The van der Waals surface area contributed by atoms with E-state index in [0.717, 1.165) is 31.5 Å². The van der Waals surface area contributed by atoms with Gasteiger partial charge in [-0.1, -0.05) is 0 Å². The van der Waals surface area contributed by atoms with Gasteiger partial charge in [-0.2, -0.15) is 5.10 Å². The number of rotatable bonds is 3. The SMILES string of the molecule is Cn1cc(CC(O)[C@@H]2CCNC2)cn1. The molecule has 0 amide bonds. The lowest BCUT2D eigenvalue weighted by Gasteiger charge is -2.15. The normalized spacial score (nSPS) is 24.0. The van der Waals surface area contributed by atoms with Crippen LogP contribution in [0, 0.1) is 5.92 Å². The van der Waals surface area contributed by atoms with Crippen molar-refractivity contribution in [3.8, 4) is 0 Å². The molecule has 4 nitrogen and oxygen atoms in total. The quantitative estimate of drug-likeness (QED) is 0.710. The van der Waals surface area contributed by atoms with Gasteiger partial charge in [-0.15, -0.1) is 0 Å². The third-order valence-electron chi connectivity index (χ3n) is 2.85. The minimum Gasteiger partial charge on any atom is -0.392 e. The van der Waals surface area contributed by atoms with Crippen molar-refractivity contribution in [3.05, 3.63) is 18.0 Å². The van der Waals surface area contributed by atoms with Gasteiger partial charge >= 0.3 is 0 Å². The van der Waals surface area contributed by atoms with Crippen molar-refractivity contribution in [2.45, 2.75) is 18.9 Å². The number of nitrogens with one attached hydrogen (secondary N) is 1. The number of aliphatic hydroxyl groups excluding tert-OH is 1. The van der Waals surface area contributed by atoms with Gasteiger partial charge in [-0.05, 0) is 24.4 Å². The maximum Gasteiger partial charge on any atom is 0.0622 e. The minimum atomic E-state index is -0.228. The molecule has 0 radical (unpaired) electrons. The lowest BCUT2D eigenvalue weighted by atomic mass is 9.97. The highest BCUT2D eigenvalue weighted by molar-refractivity contribution is 5.05. The first-order valence-electron chi connectivity index (χ1n) is 5.12. The molecule has 0 aliphatic carbocycles. The van der Waals surface area contributed by atoms with Crippen molar-refractivity contribution in [1.29, 1.82) is 0 Å². The fourth-order valence-electron chi connectivity index (χ4n) is 1.99. The maximum absolute atomic E-state index is 9.93. The van der Waals surface area contributed by atoms with Crippen molar-refractivity contribution in [1.82, 2.24) is 15.1 Å². The Labute approximate surface area is 83.9 Å². The van der Waals surface area contributed by atoms with Gasteiger partial charge in [0.2, 0.25) is 0 Å². The summed E-state index contributed by atoms with van der Waals surface area (Å²) in [5.74, 6) is 0.412. The second kappa shape index (κ2) is 4.11. The third-order valence-corrected chi connectivity index (χ3v) is 2.85. The van der Waals surface area contributed by atoms with Crippen molar-refractivity contribution in [3.63, 3.8) is 0 Å². The van der Waals surface area contributed by atoms with E-state index in [-0.39, 0.29) is 6.10 Å². The highest BCUT2D eigenvalue weighted by Gasteiger charge is 2.23. The Kier molecular flexibility index (Phi) is 2.84. The average molecular weight is 195 g/mol. The van der Waals surface area contributed by atoms with E-state index in [1.165, 1.54) is 0 Å². The highest BCUT2D eigenvalue weighted by atomic mass is 16.3. The third kappa shape index (κ3) is 2.13. The molecular weight excluding hydrogens is 178 g/mol. The number of hydrogen-bond donors (Lipinski definition) is 2. The summed E-state index contributed by atoms with van der Waals surface area (Å²) in [7, 11) is 1.90. The summed E-state index contributed by atoms with van der Waals surface area (Å²) in [4.78, 5) is 0. The van der Waals surface area contributed by atoms with Crippen LogP contribution in [-0.2, 0) is 13.5 Å². The molecule has 0 saturated carbocycles. The molecule has 2 heterocycles. The molecule has 1 unspecified atom stereocenters. The van der Waals surface area contributed by atoms with E-state index >= 15 is 0 Å². The fourth-order valence-corrected chi connectivity index (χ4v) is 1.99. The second-order valence-electron chi connectivity index (χ2n) is 4.05. The Hall–Kier alpha value is -0.870. The Bertz CT molecular complexity index is 291. The van der Waals surface area contributed by atoms with Crippen molar-refractivity contribution >= 4 is 0 Å². The first-order chi connectivity index (χ1) is 6.75. The summed E-state index contributed by atoms with van der Waals surface area (Å²) < 4.78 is 1.77. The number of aromatic nitrogens is 2. The molecule has 1 saturated heterocycles. The smallest absolute Gasteiger partial charge is 0.0622 e. The first-order valence-corrected chi connectivity index (χ1v) is 5.12. The molecule has 2 atom stereocenters. The molecule has 4 heteroatoms. The van der Waals surface area contributed by atoms with Crippen LogP contribution in [0.4, 0.5) is 0 Å². The Morgan fingerprint density at radius 2 is 2.64 bits per heavy atom. The van der Waals surface area contributed by atoms with E-state index in [0.29, 0.717) is 5.92 Å². The summed E-state index contributed by atoms with van der Waals surface area (Å²) in [6.07, 6.45) is 5.37. The van der Waals surface area contributed by atoms with Crippen LogP contribution in [0.1, 0.15) is 12.0 Å². The molecule has 1 aromatic heterocycles. The van der Waals surface area contributed by atoms with Crippen molar-refractivity contribution in [2.75, 3.05) is 13.1 Å². The van der Waals surface area contributed by atoms with Crippen LogP contribution in [0.25, 0.3) is 0 Å². The zero-order valence-electron chi connectivity index (χ0n) is 8.48. The molecule has 1 aliphatic rings. The molecule has 2 rings (SSSR count). The number of hydrogen-bond acceptors (Lipinski definition) is 3. The van der Waals surface area contributed by atoms with Crippen molar-refractivity contribution in [2.24, 2.45) is 13.0 Å². The fraction of sp³-hybridized carbons (Fsp3) is 0.700. The molecule has 0 spiro atoms. The van der Waals surface area contributed by atoms with Crippen molar-refractivity contribution < 1.29 is 5.11 Å². The van der Waals surface area contributed by atoms with Crippen LogP contribution < -0.4 is 5.32 Å². The monoisotopic (exact) mass is 195 g/mol. The van der Waals surface area contributed by atoms with Gasteiger partial charge in [0.15, 0.2) is 0 Å². The molecule has 78 valence electrons. The summed E-state index contributed by atoms with van der Waals surface area (Å²) in [5.41, 5.74) is 1.12. The molecule has 1 aromatic rings. The van der Waals surface area contributed by atoms with E-state index in [2.05, 4.69) is 10.4 Å². The summed E-state index contributed by atoms with van der Waals surface area (Å²) in [6.45, 7) is 1.98. The van der Waals surface area contributed by atoms with Crippen LogP contribution in [0.15, 0.2) is 12.4 Å². The van der Waals surface area contributed by atoms with Gasteiger partial charge in [-0.3, -0.25) is 4.68 Å². The second-order valence-corrected chi connectivity index (χ2v) is 4.05. The predicted octanol–water partition coefficient (Wildman–Crippen LogP) is -0.0670. The molecule has 1 aliphatic heterocycles. The molecular formula is C10H17N3O. The lowest BCUT2D eigenvalue weighted by molar-refractivity contribution is 0.117. The lowest BCUT2D eigenvalue weighted by Crippen LogP contribution is -2.24. The standard InChI is InChI=1S/C10H17N3O/c1-13-7-8(5-12-13)4-10(14)9-2-3-11-6-9/h5,7,9-11,14H,2-4,6H2,1H3/t9-,10?/m1/s1. The van der Waals surface area contributed by atoms with E-state index in [4.69, 9.17) is 0 Å². The van der Waals surface area contributed by atoms with Gasteiger partial charge < -0.3 is 10.4 Å². The van der Waals surface area contributed by atoms with E-state index in [1.54, 1.807) is 4.68 Å². The van der Waals surface area contributed by atoms with Gasteiger partial charge in [0.25, 0.3) is 0 Å². The molecule has 2 N–H and O–H groups in total. The molecule has 0 bridgehead atoms. The van der Waals surface area contributed by atoms with Gasteiger partial charge in [0, 0.05) is 26.2 Å². The first kappa shape index (κ1) is 9.68. The van der Waals surface area contributed by atoms with Crippen LogP contribution in [0.5, 0.6) is 0 Å². The van der Waals surface area contributed by atoms with E-state index in [9.17, 15) is 5.11 Å². The zero-order valence-corrected chi connectivity index (χ0v) is 8.48. The average Bonchev–Trinajstić information content (AvgIpc) is 2.75. The number of aryl methyl sites for hydroxylation is 1. The zero-order chi connectivity index (χ0) is 9.97. The highest BCUT2D eigenvalue weighted by Crippen LogP contribution is 2.16. The Morgan fingerprint density at radius 1 is 1.79 bits per heavy atom. The van der Waals surface area contributed by atoms with Gasteiger partial charge in [0.05, 0.1) is 12.3 Å². The largest absolute Gasteiger partial charge is 0.392 e. The summed E-state index contributed by atoms with van der Waals surface area (Å²) in [5, 5.41) is 17.3.